The highest BCUT2D eigenvalue weighted by molar-refractivity contribution is 5.75. The van der Waals surface area contributed by atoms with Crippen LogP contribution in [-0.2, 0) is 14.3 Å². The number of hydrogen-bond donors (Lipinski definition) is 1. The molecule has 2 fully saturated rings. The van der Waals surface area contributed by atoms with E-state index in [-0.39, 0.29) is 12.2 Å². The SMILES string of the molecule is CC(C)(C)OC(=O)N1CCC(CC2CCCCO2)(C(=O)O)CC1. The zero-order valence-electron chi connectivity index (χ0n) is 14.5. The van der Waals surface area contributed by atoms with E-state index in [1.165, 1.54) is 0 Å². The number of carbonyl (C=O) groups is 2. The van der Waals surface area contributed by atoms with E-state index in [0.717, 1.165) is 25.9 Å². The average molecular weight is 327 g/mol. The summed E-state index contributed by atoms with van der Waals surface area (Å²) in [7, 11) is 0. The number of carboxylic acid groups (broad SMARTS) is 1. The number of carboxylic acids is 1. The highest BCUT2D eigenvalue weighted by Gasteiger charge is 2.44. The van der Waals surface area contributed by atoms with E-state index in [1.54, 1.807) is 4.90 Å². The number of piperidine rings is 1. The number of likely N-dealkylation sites (tertiary alicyclic amines) is 1. The zero-order chi connectivity index (χ0) is 17.1. The van der Waals surface area contributed by atoms with E-state index in [0.29, 0.717) is 32.4 Å². The fourth-order valence-electron chi connectivity index (χ4n) is 3.35. The molecule has 0 spiro atoms. The molecule has 1 unspecified atom stereocenters. The van der Waals surface area contributed by atoms with Crippen LogP contribution in [0.25, 0.3) is 0 Å². The molecule has 2 rings (SSSR count). The molecular formula is C17H29NO5. The van der Waals surface area contributed by atoms with Gasteiger partial charge in [-0.15, -0.1) is 0 Å². The summed E-state index contributed by atoms with van der Waals surface area (Å²) in [5.41, 5.74) is -1.31. The molecule has 0 aromatic rings. The molecule has 0 radical (unpaired) electrons. The summed E-state index contributed by atoms with van der Waals surface area (Å²) in [5.74, 6) is -0.768. The molecule has 23 heavy (non-hydrogen) atoms. The Morgan fingerprint density at radius 3 is 2.39 bits per heavy atom. The van der Waals surface area contributed by atoms with E-state index in [4.69, 9.17) is 9.47 Å². The lowest BCUT2D eigenvalue weighted by Crippen LogP contribution is -2.49. The van der Waals surface area contributed by atoms with Crippen LogP contribution in [0.3, 0.4) is 0 Å². The second-order valence-corrected chi connectivity index (χ2v) is 7.75. The standard InChI is InChI=1S/C17H29NO5/c1-16(2,3)23-15(21)18-9-7-17(8-10-18,14(19)20)12-13-6-4-5-11-22-13/h13H,4-12H2,1-3H3,(H,19,20). The van der Waals surface area contributed by atoms with Crippen molar-refractivity contribution in [3.8, 4) is 0 Å². The van der Waals surface area contributed by atoms with Gasteiger partial charge in [-0.1, -0.05) is 0 Å². The number of nitrogens with zero attached hydrogens (tertiary/aromatic N) is 1. The Kier molecular flexibility index (Phi) is 5.55. The normalized spacial score (nSPS) is 25.0. The molecule has 2 aliphatic heterocycles. The number of aliphatic carboxylic acids is 1. The summed E-state index contributed by atoms with van der Waals surface area (Å²) in [4.78, 5) is 25.6. The first kappa shape index (κ1) is 18.0. The van der Waals surface area contributed by atoms with Gasteiger partial charge in [0.05, 0.1) is 11.5 Å². The number of hydrogen-bond acceptors (Lipinski definition) is 4. The first-order valence-electron chi connectivity index (χ1n) is 8.55. The Bertz CT molecular complexity index is 429. The zero-order valence-corrected chi connectivity index (χ0v) is 14.5. The summed E-state index contributed by atoms with van der Waals surface area (Å²) in [6.45, 7) is 7.07. The van der Waals surface area contributed by atoms with Crippen LogP contribution in [-0.4, -0.2) is 53.5 Å². The quantitative estimate of drug-likeness (QED) is 0.862. The van der Waals surface area contributed by atoms with Crippen molar-refractivity contribution in [3.63, 3.8) is 0 Å². The van der Waals surface area contributed by atoms with Gasteiger partial charge in [0.1, 0.15) is 5.60 Å². The van der Waals surface area contributed by atoms with E-state index in [2.05, 4.69) is 0 Å². The Hall–Kier alpha value is -1.30. The van der Waals surface area contributed by atoms with Gasteiger partial charge in [-0.2, -0.15) is 0 Å². The average Bonchev–Trinajstić information content (AvgIpc) is 2.47. The van der Waals surface area contributed by atoms with Gasteiger partial charge in [-0.05, 0) is 59.3 Å². The predicted molar refractivity (Wildman–Crippen MR) is 85.3 cm³/mol. The molecule has 0 aromatic heterocycles. The molecule has 1 N–H and O–H groups in total. The molecule has 0 aromatic carbocycles. The Morgan fingerprint density at radius 1 is 1.26 bits per heavy atom. The molecule has 6 nitrogen and oxygen atoms in total. The lowest BCUT2D eigenvalue weighted by atomic mass is 9.73. The van der Waals surface area contributed by atoms with Crippen LogP contribution in [0.1, 0.15) is 59.3 Å². The van der Waals surface area contributed by atoms with Crippen molar-refractivity contribution in [3.05, 3.63) is 0 Å². The van der Waals surface area contributed by atoms with Crippen LogP contribution in [0.15, 0.2) is 0 Å². The fourth-order valence-corrected chi connectivity index (χ4v) is 3.35. The Labute approximate surface area is 138 Å². The lowest BCUT2D eigenvalue weighted by molar-refractivity contribution is -0.156. The minimum absolute atomic E-state index is 0.0351. The molecule has 132 valence electrons. The van der Waals surface area contributed by atoms with Crippen molar-refractivity contribution in [1.29, 1.82) is 0 Å². The molecule has 2 saturated heterocycles. The summed E-state index contributed by atoms with van der Waals surface area (Å²) in [6.07, 6.45) is 4.24. The van der Waals surface area contributed by atoms with Crippen molar-refractivity contribution in [2.75, 3.05) is 19.7 Å². The van der Waals surface area contributed by atoms with E-state index >= 15 is 0 Å². The number of amides is 1. The second-order valence-electron chi connectivity index (χ2n) is 7.75. The predicted octanol–water partition coefficient (Wildman–Crippen LogP) is 3.05. The van der Waals surface area contributed by atoms with Crippen LogP contribution < -0.4 is 0 Å². The molecule has 1 amide bonds. The molecule has 2 aliphatic rings. The number of rotatable bonds is 3. The topological polar surface area (TPSA) is 76.1 Å². The van der Waals surface area contributed by atoms with Crippen LogP contribution in [0.4, 0.5) is 4.79 Å². The van der Waals surface area contributed by atoms with Crippen LogP contribution >= 0.6 is 0 Å². The molecular weight excluding hydrogens is 298 g/mol. The third kappa shape index (κ3) is 4.83. The number of ether oxygens (including phenoxy) is 2. The van der Waals surface area contributed by atoms with E-state index in [9.17, 15) is 14.7 Å². The van der Waals surface area contributed by atoms with Gasteiger partial charge >= 0.3 is 12.1 Å². The third-order valence-electron chi connectivity index (χ3n) is 4.72. The van der Waals surface area contributed by atoms with Gasteiger partial charge in [0, 0.05) is 19.7 Å². The van der Waals surface area contributed by atoms with E-state index < -0.39 is 17.0 Å². The van der Waals surface area contributed by atoms with Crippen LogP contribution in [0.5, 0.6) is 0 Å². The Balaban J connectivity index is 1.94. The van der Waals surface area contributed by atoms with Gasteiger partial charge < -0.3 is 19.5 Å². The van der Waals surface area contributed by atoms with E-state index in [1.807, 2.05) is 20.8 Å². The molecule has 0 bridgehead atoms. The van der Waals surface area contributed by atoms with Gasteiger partial charge in [-0.25, -0.2) is 4.79 Å². The highest BCUT2D eigenvalue weighted by Crippen LogP contribution is 2.39. The summed E-state index contributed by atoms with van der Waals surface area (Å²) >= 11 is 0. The lowest BCUT2D eigenvalue weighted by Gasteiger charge is -2.41. The first-order valence-corrected chi connectivity index (χ1v) is 8.55. The van der Waals surface area contributed by atoms with Gasteiger partial charge in [0.15, 0.2) is 0 Å². The maximum atomic E-state index is 12.1. The summed E-state index contributed by atoms with van der Waals surface area (Å²) in [6, 6.07) is 0. The third-order valence-corrected chi connectivity index (χ3v) is 4.72. The molecule has 0 saturated carbocycles. The van der Waals surface area contributed by atoms with Crippen molar-refractivity contribution >= 4 is 12.1 Å². The molecule has 0 aliphatic carbocycles. The minimum atomic E-state index is -0.777. The first-order chi connectivity index (χ1) is 10.7. The molecule has 1 atom stereocenters. The highest BCUT2D eigenvalue weighted by atomic mass is 16.6. The maximum absolute atomic E-state index is 12.1. The molecule has 6 heteroatoms. The van der Waals surface area contributed by atoms with Crippen LogP contribution in [0, 0.1) is 5.41 Å². The Morgan fingerprint density at radius 2 is 1.91 bits per heavy atom. The van der Waals surface area contributed by atoms with Gasteiger partial charge in [0.2, 0.25) is 0 Å². The van der Waals surface area contributed by atoms with Crippen LogP contribution in [0.2, 0.25) is 0 Å². The van der Waals surface area contributed by atoms with Gasteiger partial charge in [0.25, 0.3) is 0 Å². The maximum Gasteiger partial charge on any atom is 0.410 e. The van der Waals surface area contributed by atoms with Crippen molar-refractivity contribution < 1.29 is 24.2 Å². The monoisotopic (exact) mass is 327 g/mol. The van der Waals surface area contributed by atoms with Crippen molar-refractivity contribution in [2.24, 2.45) is 5.41 Å². The van der Waals surface area contributed by atoms with Crippen molar-refractivity contribution in [2.45, 2.75) is 71.0 Å². The smallest absolute Gasteiger partial charge is 0.410 e. The number of carbonyl (C=O) groups excluding carboxylic acids is 1. The summed E-state index contributed by atoms with van der Waals surface area (Å²) < 4.78 is 11.1. The van der Waals surface area contributed by atoms with Gasteiger partial charge in [-0.3, -0.25) is 4.79 Å². The largest absolute Gasteiger partial charge is 0.481 e. The van der Waals surface area contributed by atoms with Crippen molar-refractivity contribution in [1.82, 2.24) is 4.90 Å². The molecule has 2 heterocycles. The fraction of sp³-hybridized carbons (Fsp3) is 0.882. The second kappa shape index (κ2) is 7.07. The summed E-state index contributed by atoms with van der Waals surface area (Å²) in [5, 5.41) is 9.74. The minimum Gasteiger partial charge on any atom is -0.481 e.